The third-order valence-corrected chi connectivity index (χ3v) is 2.35. The summed E-state index contributed by atoms with van der Waals surface area (Å²) >= 11 is 2.91. The second-order valence-corrected chi connectivity index (χ2v) is 2.97. The number of methoxy groups -OCH3 is 1. The molecule has 0 aliphatic heterocycles. The molecule has 18 heavy (non-hydrogen) atoms. The van der Waals surface area contributed by atoms with Crippen molar-refractivity contribution in [2.24, 2.45) is 11.8 Å². The molecule has 0 unspecified atom stereocenters. The normalized spacial score (nSPS) is 16.0. The topological polar surface area (TPSA) is 109 Å². The molecule has 0 heterocycles. The SMILES string of the molecule is CO[C](=[Cr])[C@@H]1C[C@H]1C.[C-]#[O+].[C-]#[O+].[C-]#[O+].[C-]#[O+].[C-]#[O+]. The van der Waals surface area contributed by atoms with E-state index in [1.807, 2.05) is 0 Å². The summed E-state index contributed by atoms with van der Waals surface area (Å²) in [6.45, 7) is 24.7. The second kappa shape index (κ2) is 36.0. The van der Waals surface area contributed by atoms with Crippen molar-refractivity contribution < 1.29 is 43.8 Å². The molecule has 1 rings (SSSR count). The number of hydrogen-bond donors (Lipinski definition) is 0. The Balaban J connectivity index is -0.0000000482. The predicted octanol–water partition coefficient (Wildman–Crippen LogP) is 0.778. The van der Waals surface area contributed by atoms with Gasteiger partial charge in [-0.15, -0.1) is 0 Å². The van der Waals surface area contributed by atoms with E-state index in [9.17, 15) is 0 Å². The van der Waals surface area contributed by atoms with Gasteiger partial charge >= 0.3 is 114 Å². The number of hydrogen-bond acceptors (Lipinski definition) is 1. The van der Waals surface area contributed by atoms with Crippen molar-refractivity contribution in [3.63, 3.8) is 0 Å². The molecule has 0 aromatic heterocycles. The summed E-state index contributed by atoms with van der Waals surface area (Å²) in [7, 11) is 1.72. The van der Waals surface area contributed by atoms with Gasteiger partial charge in [-0.1, -0.05) is 0 Å². The van der Waals surface area contributed by atoms with E-state index in [0.29, 0.717) is 0 Å². The Kier molecular flexibility index (Phi) is 60.5. The van der Waals surface area contributed by atoms with E-state index < -0.39 is 0 Å². The molecule has 0 radical (unpaired) electrons. The van der Waals surface area contributed by atoms with Gasteiger partial charge < -0.3 is 0 Å². The van der Waals surface area contributed by atoms with Crippen LogP contribution in [0, 0.1) is 45.1 Å². The first kappa shape index (κ1) is 30.3. The van der Waals surface area contributed by atoms with Crippen molar-refractivity contribution in [3.05, 3.63) is 33.3 Å². The molecule has 0 spiro atoms. The second-order valence-electron chi connectivity index (χ2n) is 2.34. The fraction of sp³-hybridized carbons (Fsp3) is 0.455. The Morgan fingerprint density at radius 1 is 0.944 bits per heavy atom. The van der Waals surface area contributed by atoms with Crippen molar-refractivity contribution >= 4 is 4.57 Å². The summed E-state index contributed by atoms with van der Waals surface area (Å²) in [6.07, 6.45) is 1.30. The average molecular weight is 290 g/mol. The van der Waals surface area contributed by atoms with Gasteiger partial charge in [0.2, 0.25) is 0 Å². The summed E-state index contributed by atoms with van der Waals surface area (Å²) in [5.41, 5.74) is 0. The zero-order chi connectivity index (χ0) is 16.1. The minimum atomic E-state index is 0.722. The van der Waals surface area contributed by atoms with Crippen LogP contribution in [0.2, 0.25) is 0 Å². The van der Waals surface area contributed by atoms with E-state index in [1.165, 1.54) is 6.42 Å². The van der Waals surface area contributed by atoms with E-state index in [4.69, 9.17) is 28.0 Å². The van der Waals surface area contributed by atoms with E-state index in [-0.39, 0.29) is 0 Å². The third kappa shape index (κ3) is 24.3. The fourth-order valence-electron chi connectivity index (χ4n) is 0.802. The van der Waals surface area contributed by atoms with Gasteiger partial charge in [0.15, 0.2) is 0 Å². The maximum absolute atomic E-state index is 7.50. The van der Waals surface area contributed by atoms with E-state index in [1.54, 1.807) is 7.11 Å². The van der Waals surface area contributed by atoms with Crippen LogP contribution in [0.3, 0.4) is 0 Å². The standard InChI is InChI=1S/C6H10O.5CO.Cr/c1-5-3-6(5)4-7-2;5*1-2;/h5-6H,3H2,1-2H3;;;;;;/t5-,6+;;;;;;/m1....../s1. The first-order valence-corrected chi connectivity index (χ1v) is 4.49. The summed E-state index contributed by atoms with van der Waals surface area (Å²) in [6, 6.07) is 0. The first-order chi connectivity index (χ1) is 8.75. The summed E-state index contributed by atoms with van der Waals surface area (Å²) < 4.78 is 43.6. The van der Waals surface area contributed by atoms with Crippen LogP contribution < -0.4 is 0 Å². The molecule has 1 aliphatic rings. The molecular weight excluding hydrogens is 280 g/mol. The minimum absolute atomic E-state index is 0.722. The third-order valence-electron chi connectivity index (χ3n) is 1.61. The van der Waals surface area contributed by atoms with Gasteiger partial charge in [0.25, 0.3) is 0 Å². The zero-order valence-electron chi connectivity index (χ0n) is 9.72. The molecule has 96 valence electrons. The van der Waals surface area contributed by atoms with Crippen LogP contribution in [0.25, 0.3) is 0 Å². The predicted molar refractivity (Wildman–Crippen MR) is 48.9 cm³/mol. The van der Waals surface area contributed by atoms with Crippen LogP contribution in [0.4, 0.5) is 0 Å². The van der Waals surface area contributed by atoms with Gasteiger partial charge in [0.1, 0.15) is 0 Å². The molecule has 7 heteroatoms. The van der Waals surface area contributed by atoms with Crippen LogP contribution in [0.5, 0.6) is 0 Å². The van der Waals surface area contributed by atoms with Gasteiger partial charge in [0, 0.05) is 0 Å². The van der Waals surface area contributed by atoms with Gasteiger partial charge in [-0.05, 0) is 0 Å². The van der Waals surface area contributed by atoms with Crippen molar-refractivity contribution in [1.82, 2.24) is 0 Å². The van der Waals surface area contributed by atoms with Gasteiger partial charge in [-0.25, -0.2) is 0 Å². The molecule has 1 fully saturated rings. The molecular formula is C11H10CrO6. The molecule has 0 aromatic rings. The first-order valence-electron chi connectivity index (χ1n) is 3.85. The van der Waals surface area contributed by atoms with Gasteiger partial charge in [0.05, 0.1) is 0 Å². The molecule has 0 bridgehead atoms. The Morgan fingerprint density at radius 3 is 1.22 bits per heavy atom. The quantitative estimate of drug-likeness (QED) is 0.543. The van der Waals surface area contributed by atoms with Crippen LogP contribution >= 0.6 is 0 Å². The van der Waals surface area contributed by atoms with E-state index in [2.05, 4.69) is 56.0 Å². The Labute approximate surface area is 114 Å². The summed E-state index contributed by atoms with van der Waals surface area (Å²) in [5.74, 6) is 1.58. The van der Waals surface area contributed by atoms with Gasteiger partial charge in [-0.3, -0.25) is 0 Å². The van der Waals surface area contributed by atoms with Crippen molar-refractivity contribution in [2.75, 3.05) is 7.11 Å². The molecule has 0 N–H and O–H groups in total. The molecule has 0 saturated heterocycles. The molecule has 0 aromatic carbocycles. The molecule has 1 aliphatic carbocycles. The monoisotopic (exact) mass is 290 g/mol. The Bertz CT molecular complexity index is 241. The van der Waals surface area contributed by atoms with Gasteiger partial charge in [-0.2, -0.15) is 0 Å². The Hall–Kier alpha value is -0.938. The van der Waals surface area contributed by atoms with Crippen LogP contribution in [-0.4, -0.2) is 11.7 Å². The van der Waals surface area contributed by atoms with Crippen molar-refractivity contribution in [1.29, 1.82) is 0 Å². The summed E-state index contributed by atoms with van der Waals surface area (Å²) in [4.78, 5) is 0. The maximum atomic E-state index is 7.50. The average Bonchev–Trinajstić information content (AvgIpc) is 3.25. The number of rotatable bonds is 2. The van der Waals surface area contributed by atoms with Crippen molar-refractivity contribution in [2.45, 2.75) is 13.3 Å². The summed E-state index contributed by atoms with van der Waals surface area (Å²) in [5, 5.41) is 0. The number of ether oxygens (including phenoxy) is 1. The van der Waals surface area contributed by atoms with Crippen LogP contribution in [0.1, 0.15) is 13.3 Å². The zero-order valence-corrected chi connectivity index (χ0v) is 11.0. The van der Waals surface area contributed by atoms with E-state index >= 15 is 0 Å². The molecule has 0 amide bonds. The van der Waals surface area contributed by atoms with E-state index in [0.717, 1.165) is 16.4 Å². The van der Waals surface area contributed by atoms with Crippen LogP contribution in [-0.2, 0) is 43.8 Å². The molecule has 2 atom stereocenters. The van der Waals surface area contributed by atoms with Crippen molar-refractivity contribution in [3.8, 4) is 0 Å². The molecule has 1 saturated carbocycles. The fourth-order valence-corrected chi connectivity index (χ4v) is 1.31. The molecule has 6 nitrogen and oxygen atoms in total. The Morgan fingerprint density at radius 2 is 1.17 bits per heavy atom. The van der Waals surface area contributed by atoms with Crippen LogP contribution in [0.15, 0.2) is 0 Å².